The van der Waals surface area contributed by atoms with Crippen molar-refractivity contribution < 1.29 is 9.53 Å². The summed E-state index contributed by atoms with van der Waals surface area (Å²) in [5, 5.41) is 2.89. The van der Waals surface area contributed by atoms with Crippen molar-refractivity contribution in [2.45, 2.75) is 45.6 Å². The number of benzene rings is 1. The van der Waals surface area contributed by atoms with Crippen LogP contribution >= 0.6 is 0 Å². The van der Waals surface area contributed by atoms with Gasteiger partial charge in [0.1, 0.15) is 11.6 Å². The Kier molecular flexibility index (Phi) is 4.93. The maximum absolute atomic E-state index is 12.7. The SMILES string of the molecule is CCC(Oc1cccc(C(C)(C)C)c1)C(=O)Nc1cnc2cnccn12. The number of fused-ring (bicyclic) bond motifs is 1. The fourth-order valence-corrected chi connectivity index (χ4v) is 2.66. The molecule has 0 saturated carbocycles. The van der Waals surface area contributed by atoms with Crippen molar-refractivity contribution in [3.63, 3.8) is 0 Å². The molecule has 1 N–H and O–H groups in total. The van der Waals surface area contributed by atoms with Gasteiger partial charge in [0.15, 0.2) is 11.8 Å². The molecule has 2 heterocycles. The van der Waals surface area contributed by atoms with Crippen LogP contribution in [-0.4, -0.2) is 26.4 Å². The summed E-state index contributed by atoms with van der Waals surface area (Å²) in [7, 11) is 0. The van der Waals surface area contributed by atoms with E-state index in [0.717, 1.165) is 0 Å². The minimum atomic E-state index is -0.586. The minimum absolute atomic E-state index is 0.0217. The number of ether oxygens (including phenoxy) is 1. The number of hydrogen-bond acceptors (Lipinski definition) is 4. The monoisotopic (exact) mass is 352 g/mol. The zero-order valence-electron chi connectivity index (χ0n) is 15.6. The van der Waals surface area contributed by atoms with E-state index in [1.54, 1.807) is 29.2 Å². The van der Waals surface area contributed by atoms with E-state index in [-0.39, 0.29) is 11.3 Å². The van der Waals surface area contributed by atoms with Crippen molar-refractivity contribution in [1.29, 1.82) is 0 Å². The molecule has 3 rings (SSSR count). The molecular formula is C20H24N4O2. The van der Waals surface area contributed by atoms with Crippen molar-refractivity contribution in [2.24, 2.45) is 0 Å². The van der Waals surface area contributed by atoms with Gasteiger partial charge in [0.05, 0.1) is 12.4 Å². The summed E-state index contributed by atoms with van der Waals surface area (Å²) in [6, 6.07) is 7.90. The predicted octanol–water partition coefficient (Wildman–Crippen LogP) is 3.82. The average Bonchev–Trinajstić information content (AvgIpc) is 3.02. The van der Waals surface area contributed by atoms with Crippen molar-refractivity contribution in [2.75, 3.05) is 5.32 Å². The number of amides is 1. The number of anilines is 1. The van der Waals surface area contributed by atoms with Gasteiger partial charge in [-0.1, -0.05) is 39.8 Å². The molecule has 0 radical (unpaired) electrons. The van der Waals surface area contributed by atoms with Crippen LogP contribution in [0.4, 0.5) is 5.82 Å². The van der Waals surface area contributed by atoms with Gasteiger partial charge >= 0.3 is 0 Å². The Hall–Kier alpha value is -2.89. The quantitative estimate of drug-likeness (QED) is 0.758. The summed E-state index contributed by atoms with van der Waals surface area (Å²) in [5.74, 6) is 1.09. The molecule has 1 unspecified atom stereocenters. The van der Waals surface area contributed by atoms with Gasteiger partial charge < -0.3 is 10.1 Å². The topological polar surface area (TPSA) is 68.5 Å². The van der Waals surface area contributed by atoms with E-state index >= 15 is 0 Å². The number of nitrogens with one attached hydrogen (secondary N) is 1. The molecule has 0 aliphatic rings. The van der Waals surface area contributed by atoms with Crippen LogP contribution in [0.3, 0.4) is 0 Å². The maximum atomic E-state index is 12.7. The Bertz CT molecular complexity index is 911. The molecule has 0 spiro atoms. The van der Waals surface area contributed by atoms with Gasteiger partial charge in [0.2, 0.25) is 0 Å². The summed E-state index contributed by atoms with van der Waals surface area (Å²) < 4.78 is 7.74. The van der Waals surface area contributed by atoms with Gasteiger partial charge in [-0.25, -0.2) is 4.98 Å². The van der Waals surface area contributed by atoms with Gasteiger partial charge in [-0.15, -0.1) is 0 Å². The Labute approximate surface area is 153 Å². The second-order valence-electron chi connectivity index (χ2n) is 7.23. The zero-order chi connectivity index (χ0) is 18.7. The molecule has 6 nitrogen and oxygen atoms in total. The number of aromatic nitrogens is 3. The van der Waals surface area contributed by atoms with E-state index in [9.17, 15) is 4.79 Å². The van der Waals surface area contributed by atoms with Gasteiger partial charge in [-0.2, -0.15) is 0 Å². The minimum Gasteiger partial charge on any atom is -0.481 e. The van der Waals surface area contributed by atoms with Gasteiger partial charge in [-0.05, 0) is 29.5 Å². The molecule has 1 aromatic carbocycles. The summed E-state index contributed by atoms with van der Waals surface area (Å²) in [6.45, 7) is 8.37. The van der Waals surface area contributed by atoms with Crippen LogP contribution < -0.4 is 10.1 Å². The lowest BCUT2D eigenvalue weighted by Crippen LogP contribution is -2.32. The van der Waals surface area contributed by atoms with Gasteiger partial charge in [-0.3, -0.25) is 14.2 Å². The summed E-state index contributed by atoms with van der Waals surface area (Å²) >= 11 is 0. The number of nitrogens with zero attached hydrogens (tertiary/aromatic N) is 3. The Balaban J connectivity index is 1.75. The lowest BCUT2D eigenvalue weighted by molar-refractivity contribution is -0.122. The van der Waals surface area contributed by atoms with Crippen LogP contribution in [0.5, 0.6) is 5.75 Å². The van der Waals surface area contributed by atoms with E-state index in [0.29, 0.717) is 23.6 Å². The standard InChI is InChI=1S/C20H24N4O2/c1-5-16(26-15-8-6-7-14(11-15)20(2,3)4)19(25)23-18-13-22-17-12-21-9-10-24(17)18/h6-13,16H,5H2,1-4H3,(H,23,25). The predicted molar refractivity (Wildman–Crippen MR) is 101 cm³/mol. The fourth-order valence-electron chi connectivity index (χ4n) is 2.66. The highest BCUT2D eigenvalue weighted by Gasteiger charge is 2.21. The number of carbonyl (C=O) groups excluding carboxylic acids is 1. The Morgan fingerprint density at radius 2 is 2.12 bits per heavy atom. The number of rotatable bonds is 5. The molecule has 1 atom stereocenters. The maximum Gasteiger partial charge on any atom is 0.266 e. The van der Waals surface area contributed by atoms with Gasteiger partial charge in [0, 0.05) is 12.4 Å². The van der Waals surface area contributed by atoms with Crippen LogP contribution in [0.15, 0.2) is 49.1 Å². The number of hydrogen-bond donors (Lipinski definition) is 1. The first-order chi connectivity index (χ1) is 12.4. The van der Waals surface area contributed by atoms with Crippen LogP contribution in [0, 0.1) is 0 Å². The van der Waals surface area contributed by atoms with Crippen molar-refractivity contribution in [3.05, 3.63) is 54.6 Å². The first-order valence-corrected chi connectivity index (χ1v) is 8.73. The fraction of sp³-hybridized carbons (Fsp3) is 0.350. The summed E-state index contributed by atoms with van der Waals surface area (Å²) in [6.07, 6.45) is 6.63. The Morgan fingerprint density at radius 1 is 1.31 bits per heavy atom. The third-order valence-corrected chi connectivity index (χ3v) is 4.21. The molecule has 0 fully saturated rings. The van der Waals surface area contributed by atoms with E-state index in [1.807, 2.05) is 25.1 Å². The summed E-state index contributed by atoms with van der Waals surface area (Å²) in [4.78, 5) is 20.9. The molecule has 3 aromatic rings. The number of imidazole rings is 1. The smallest absolute Gasteiger partial charge is 0.266 e. The molecule has 2 aromatic heterocycles. The third kappa shape index (κ3) is 3.85. The highest BCUT2D eigenvalue weighted by molar-refractivity contribution is 5.93. The normalized spacial score (nSPS) is 12.8. The molecule has 1 amide bonds. The van der Waals surface area contributed by atoms with E-state index in [1.165, 1.54) is 5.56 Å². The molecule has 0 aliphatic carbocycles. The van der Waals surface area contributed by atoms with Crippen LogP contribution in [0.2, 0.25) is 0 Å². The highest BCUT2D eigenvalue weighted by Crippen LogP contribution is 2.26. The molecule has 136 valence electrons. The largest absolute Gasteiger partial charge is 0.481 e. The average molecular weight is 352 g/mol. The van der Waals surface area contributed by atoms with E-state index in [4.69, 9.17) is 4.74 Å². The molecule has 26 heavy (non-hydrogen) atoms. The van der Waals surface area contributed by atoms with Crippen LogP contribution in [0.1, 0.15) is 39.7 Å². The Morgan fingerprint density at radius 3 is 2.85 bits per heavy atom. The third-order valence-electron chi connectivity index (χ3n) is 4.21. The lowest BCUT2D eigenvalue weighted by Gasteiger charge is -2.21. The van der Waals surface area contributed by atoms with Crippen molar-refractivity contribution >= 4 is 17.4 Å². The zero-order valence-corrected chi connectivity index (χ0v) is 15.6. The second kappa shape index (κ2) is 7.15. The first kappa shape index (κ1) is 17.9. The molecule has 0 saturated heterocycles. The highest BCUT2D eigenvalue weighted by atomic mass is 16.5. The first-order valence-electron chi connectivity index (χ1n) is 8.73. The van der Waals surface area contributed by atoms with Crippen molar-refractivity contribution in [1.82, 2.24) is 14.4 Å². The van der Waals surface area contributed by atoms with E-state index in [2.05, 4.69) is 42.1 Å². The van der Waals surface area contributed by atoms with Crippen molar-refractivity contribution in [3.8, 4) is 5.75 Å². The van der Waals surface area contributed by atoms with E-state index < -0.39 is 6.10 Å². The van der Waals surface area contributed by atoms with Crippen LogP contribution in [0.25, 0.3) is 5.65 Å². The van der Waals surface area contributed by atoms with Crippen LogP contribution in [-0.2, 0) is 10.2 Å². The molecular weight excluding hydrogens is 328 g/mol. The summed E-state index contributed by atoms with van der Waals surface area (Å²) in [5.41, 5.74) is 1.86. The molecule has 6 heteroatoms. The molecule has 0 aliphatic heterocycles. The number of carbonyl (C=O) groups is 1. The molecule has 0 bridgehead atoms. The lowest BCUT2D eigenvalue weighted by atomic mass is 9.87. The van der Waals surface area contributed by atoms with Gasteiger partial charge in [0.25, 0.3) is 5.91 Å². The second-order valence-corrected chi connectivity index (χ2v) is 7.23.